The van der Waals surface area contributed by atoms with E-state index in [0.29, 0.717) is 6.04 Å². The van der Waals surface area contributed by atoms with Gasteiger partial charge in [-0.3, -0.25) is 0 Å². The van der Waals surface area contributed by atoms with E-state index in [1.54, 1.807) is 0 Å². The average Bonchev–Trinajstić information content (AvgIpc) is 2.75. The van der Waals surface area contributed by atoms with E-state index in [1.807, 2.05) is 7.11 Å². The van der Waals surface area contributed by atoms with Crippen LogP contribution >= 0.6 is 0 Å². The van der Waals surface area contributed by atoms with Crippen LogP contribution in [0.2, 0.25) is 0 Å². The van der Waals surface area contributed by atoms with Crippen molar-refractivity contribution in [3.8, 4) is 0 Å². The smallest absolute Gasteiger partial charge is 0.0659 e. The summed E-state index contributed by atoms with van der Waals surface area (Å²) in [6.45, 7) is 3.27. The van der Waals surface area contributed by atoms with Gasteiger partial charge in [-0.2, -0.15) is 0 Å². The minimum atomic E-state index is 0.250. The Hall–Kier alpha value is -0.120. The van der Waals surface area contributed by atoms with Crippen molar-refractivity contribution in [3.63, 3.8) is 0 Å². The molecule has 0 aromatic heterocycles. The molecule has 2 fully saturated rings. The van der Waals surface area contributed by atoms with Gasteiger partial charge in [-0.15, -0.1) is 0 Å². The predicted molar refractivity (Wildman–Crippen MR) is 57.5 cm³/mol. The summed E-state index contributed by atoms with van der Waals surface area (Å²) in [5.41, 5.74) is 0.250. The summed E-state index contributed by atoms with van der Waals surface area (Å²) in [5.74, 6) is 0. The van der Waals surface area contributed by atoms with Gasteiger partial charge in [-0.25, -0.2) is 0 Å². The summed E-state index contributed by atoms with van der Waals surface area (Å²) in [6.07, 6.45) is 5.24. The van der Waals surface area contributed by atoms with Gasteiger partial charge in [-0.1, -0.05) is 0 Å². The molecule has 2 aliphatic heterocycles. The van der Waals surface area contributed by atoms with Gasteiger partial charge >= 0.3 is 0 Å². The summed E-state index contributed by atoms with van der Waals surface area (Å²) in [6, 6.07) is 0.685. The number of rotatable bonds is 3. The quantitative estimate of drug-likeness (QED) is 0.727. The number of hydrogen-bond acceptors (Lipinski definition) is 3. The maximum Gasteiger partial charge on any atom is 0.0659 e. The molecule has 0 saturated carbocycles. The van der Waals surface area contributed by atoms with Crippen LogP contribution in [0.1, 0.15) is 25.7 Å². The highest BCUT2D eigenvalue weighted by Crippen LogP contribution is 2.32. The standard InChI is InChI=1S/C11H22N2O/c1-13-8-3-5-10(13)11(9-14-2)6-4-7-12-11/h10,12H,3-9H2,1-2H3. The number of ether oxygens (including phenoxy) is 1. The van der Waals surface area contributed by atoms with Crippen LogP contribution < -0.4 is 5.32 Å². The van der Waals surface area contributed by atoms with Crippen LogP contribution in [-0.4, -0.2) is 50.3 Å². The van der Waals surface area contributed by atoms with E-state index < -0.39 is 0 Å². The molecule has 0 spiro atoms. The number of likely N-dealkylation sites (tertiary alicyclic amines) is 1. The lowest BCUT2D eigenvalue weighted by Crippen LogP contribution is -2.57. The van der Waals surface area contributed by atoms with Gasteiger partial charge in [0.05, 0.1) is 12.1 Å². The van der Waals surface area contributed by atoms with Crippen LogP contribution in [0.25, 0.3) is 0 Å². The molecule has 2 saturated heterocycles. The third-order valence-corrected chi connectivity index (χ3v) is 3.84. The number of likely N-dealkylation sites (N-methyl/N-ethyl adjacent to an activating group) is 1. The predicted octanol–water partition coefficient (Wildman–Crippen LogP) is 0.849. The molecule has 2 heterocycles. The van der Waals surface area contributed by atoms with E-state index in [1.165, 1.54) is 32.2 Å². The highest BCUT2D eigenvalue weighted by Gasteiger charge is 2.44. The first-order valence-corrected chi connectivity index (χ1v) is 5.73. The Balaban J connectivity index is 2.08. The maximum atomic E-state index is 5.40. The second kappa shape index (κ2) is 4.17. The van der Waals surface area contributed by atoms with Gasteiger partial charge in [-0.05, 0) is 45.8 Å². The Kier molecular flexibility index (Phi) is 3.10. The molecule has 2 atom stereocenters. The average molecular weight is 198 g/mol. The van der Waals surface area contributed by atoms with Crippen LogP contribution in [0.3, 0.4) is 0 Å². The monoisotopic (exact) mass is 198 g/mol. The fraction of sp³-hybridized carbons (Fsp3) is 1.00. The van der Waals surface area contributed by atoms with Crippen molar-refractivity contribution in [2.45, 2.75) is 37.3 Å². The molecule has 2 aliphatic rings. The molecule has 0 radical (unpaired) electrons. The maximum absolute atomic E-state index is 5.40. The van der Waals surface area contributed by atoms with Gasteiger partial charge in [0.15, 0.2) is 0 Å². The van der Waals surface area contributed by atoms with Gasteiger partial charge in [0.2, 0.25) is 0 Å². The molecule has 3 heteroatoms. The Labute approximate surface area is 86.8 Å². The molecule has 0 amide bonds. The fourth-order valence-electron chi connectivity index (χ4n) is 3.20. The van der Waals surface area contributed by atoms with Crippen molar-refractivity contribution in [1.29, 1.82) is 0 Å². The topological polar surface area (TPSA) is 24.5 Å². The van der Waals surface area contributed by atoms with Crippen LogP contribution in [0.15, 0.2) is 0 Å². The normalized spacial score (nSPS) is 39.4. The number of methoxy groups -OCH3 is 1. The molecular weight excluding hydrogens is 176 g/mol. The lowest BCUT2D eigenvalue weighted by atomic mass is 9.87. The molecule has 1 N–H and O–H groups in total. The van der Waals surface area contributed by atoms with Crippen molar-refractivity contribution < 1.29 is 4.74 Å². The minimum Gasteiger partial charge on any atom is -0.383 e. The molecule has 0 aromatic carbocycles. The molecule has 3 nitrogen and oxygen atoms in total. The Morgan fingerprint density at radius 3 is 2.86 bits per heavy atom. The van der Waals surface area contributed by atoms with Gasteiger partial charge in [0.25, 0.3) is 0 Å². The lowest BCUT2D eigenvalue weighted by molar-refractivity contribution is 0.0665. The summed E-state index contributed by atoms with van der Waals surface area (Å²) < 4.78 is 5.40. The zero-order valence-corrected chi connectivity index (χ0v) is 9.38. The Morgan fingerprint density at radius 1 is 1.50 bits per heavy atom. The lowest BCUT2D eigenvalue weighted by Gasteiger charge is -2.38. The highest BCUT2D eigenvalue weighted by atomic mass is 16.5. The van der Waals surface area contributed by atoms with Crippen molar-refractivity contribution >= 4 is 0 Å². The molecule has 0 aromatic rings. The molecule has 82 valence electrons. The largest absolute Gasteiger partial charge is 0.383 e. The third kappa shape index (κ3) is 1.69. The van der Waals surface area contributed by atoms with Crippen molar-refractivity contribution in [2.75, 3.05) is 33.9 Å². The molecule has 14 heavy (non-hydrogen) atoms. The highest BCUT2D eigenvalue weighted by molar-refractivity contribution is 5.04. The Morgan fingerprint density at radius 2 is 2.36 bits per heavy atom. The van der Waals surface area contributed by atoms with Crippen LogP contribution in [-0.2, 0) is 4.74 Å². The van der Waals surface area contributed by atoms with E-state index in [-0.39, 0.29) is 5.54 Å². The van der Waals surface area contributed by atoms with Crippen molar-refractivity contribution in [3.05, 3.63) is 0 Å². The van der Waals surface area contributed by atoms with Crippen molar-refractivity contribution in [1.82, 2.24) is 10.2 Å². The van der Waals surface area contributed by atoms with E-state index in [2.05, 4.69) is 17.3 Å². The summed E-state index contributed by atoms with van der Waals surface area (Å²) in [4.78, 5) is 2.50. The summed E-state index contributed by atoms with van der Waals surface area (Å²) in [5, 5.41) is 3.68. The second-order valence-electron chi connectivity index (χ2n) is 4.76. The summed E-state index contributed by atoms with van der Waals surface area (Å²) in [7, 11) is 4.06. The van der Waals surface area contributed by atoms with E-state index >= 15 is 0 Å². The van der Waals surface area contributed by atoms with Gasteiger partial charge in [0.1, 0.15) is 0 Å². The van der Waals surface area contributed by atoms with Crippen LogP contribution in [0.4, 0.5) is 0 Å². The molecule has 0 aliphatic carbocycles. The molecule has 2 rings (SSSR count). The number of hydrogen-bond donors (Lipinski definition) is 1. The molecule has 0 bridgehead atoms. The molecular formula is C11H22N2O. The summed E-state index contributed by atoms with van der Waals surface area (Å²) >= 11 is 0. The van der Waals surface area contributed by atoms with Crippen LogP contribution in [0.5, 0.6) is 0 Å². The minimum absolute atomic E-state index is 0.250. The van der Waals surface area contributed by atoms with Gasteiger partial charge in [0, 0.05) is 13.2 Å². The first-order valence-electron chi connectivity index (χ1n) is 5.73. The van der Waals surface area contributed by atoms with Crippen molar-refractivity contribution in [2.24, 2.45) is 0 Å². The second-order valence-corrected chi connectivity index (χ2v) is 4.76. The van der Waals surface area contributed by atoms with E-state index in [4.69, 9.17) is 4.74 Å². The van der Waals surface area contributed by atoms with Gasteiger partial charge < -0.3 is 15.0 Å². The first kappa shape index (κ1) is 10.4. The zero-order valence-electron chi connectivity index (χ0n) is 9.38. The fourth-order valence-corrected chi connectivity index (χ4v) is 3.20. The van der Waals surface area contributed by atoms with Crippen LogP contribution in [0, 0.1) is 0 Å². The van der Waals surface area contributed by atoms with E-state index in [9.17, 15) is 0 Å². The first-order chi connectivity index (χ1) is 6.78. The molecule has 2 unspecified atom stereocenters. The zero-order chi connectivity index (χ0) is 10.0. The number of nitrogens with one attached hydrogen (secondary N) is 1. The Bertz CT molecular complexity index is 190. The SMILES string of the molecule is COCC1(C2CCCN2C)CCCN1. The van der Waals surface area contributed by atoms with E-state index in [0.717, 1.165) is 13.2 Å². The third-order valence-electron chi connectivity index (χ3n) is 3.84. The number of nitrogens with zero attached hydrogens (tertiary/aromatic N) is 1.